The van der Waals surface area contributed by atoms with Crippen LogP contribution in [0.1, 0.15) is 16.7 Å². The standard InChI is InChI=1S/C9H8F4N2/c1-5-2-6(4-15-14)8(10)7(3-5)9(11,12)13/h2-4H,14H2,1H3. The van der Waals surface area contributed by atoms with Crippen molar-refractivity contribution in [3.05, 3.63) is 34.6 Å². The fraction of sp³-hybridized carbons (Fsp3) is 0.222. The average Bonchev–Trinajstić information content (AvgIpc) is 2.09. The van der Waals surface area contributed by atoms with E-state index in [1.165, 1.54) is 13.0 Å². The van der Waals surface area contributed by atoms with Crippen LogP contribution in [0, 0.1) is 12.7 Å². The molecule has 0 radical (unpaired) electrons. The third-order valence-electron chi connectivity index (χ3n) is 1.76. The van der Waals surface area contributed by atoms with Crippen LogP contribution in [0.25, 0.3) is 0 Å². The summed E-state index contributed by atoms with van der Waals surface area (Å²) in [7, 11) is 0. The molecule has 1 aromatic carbocycles. The first-order valence-electron chi connectivity index (χ1n) is 3.97. The van der Waals surface area contributed by atoms with Crippen LogP contribution in [-0.4, -0.2) is 6.21 Å². The van der Waals surface area contributed by atoms with Crippen molar-refractivity contribution in [2.75, 3.05) is 0 Å². The number of benzene rings is 1. The molecule has 0 amide bonds. The Labute approximate surface area is 83.4 Å². The second-order valence-electron chi connectivity index (χ2n) is 2.99. The third kappa shape index (κ3) is 2.45. The van der Waals surface area contributed by atoms with Gasteiger partial charge in [-0.15, -0.1) is 0 Å². The normalized spacial score (nSPS) is 12.3. The molecule has 82 valence electrons. The topological polar surface area (TPSA) is 38.4 Å². The van der Waals surface area contributed by atoms with Crippen molar-refractivity contribution in [3.8, 4) is 0 Å². The Bertz CT molecular complexity index is 396. The predicted octanol–water partition coefficient (Wildman–Crippen LogP) is 2.45. The molecule has 0 aliphatic carbocycles. The quantitative estimate of drug-likeness (QED) is 0.335. The van der Waals surface area contributed by atoms with Crippen molar-refractivity contribution in [2.24, 2.45) is 10.9 Å². The largest absolute Gasteiger partial charge is 0.419 e. The average molecular weight is 220 g/mol. The van der Waals surface area contributed by atoms with Gasteiger partial charge in [0.05, 0.1) is 11.8 Å². The van der Waals surface area contributed by atoms with Crippen molar-refractivity contribution in [3.63, 3.8) is 0 Å². The minimum absolute atomic E-state index is 0.273. The van der Waals surface area contributed by atoms with Gasteiger partial charge in [-0.1, -0.05) is 0 Å². The molecule has 6 heteroatoms. The molecule has 0 aliphatic heterocycles. The predicted molar refractivity (Wildman–Crippen MR) is 47.9 cm³/mol. The highest BCUT2D eigenvalue weighted by Gasteiger charge is 2.35. The van der Waals surface area contributed by atoms with Gasteiger partial charge >= 0.3 is 6.18 Å². The summed E-state index contributed by atoms with van der Waals surface area (Å²) in [5.74, 6) is 3.40. The minimum Gasteiger partial charge on any atom is -0.323 e. The number of hydrogen-bond donors (Lipinski definition) is 1. The maximum Gasteiger partial charge on any atom is 0.419 e. The van der Waals surface area contributed by atoms with E-state index in [2.05, 4.69) is 5.10 Å². The fourth-order valence-corrected chi connectivity index (χ4v) is 1.18. The molecule has 2 N–H and O–H groups in total. The monoisotopic (exact) mass is 220 g/mol. The van der Waals surface area contributed by atoms with Crippen LogP contribution in [0.2, 0.25) is 0 Å². The molecule has 0 aromatic heterocycles. The van der Waals surface area contributed by atoms with Crippen molar-refractivity contribution in [2.45, 2.75) is 13.1 Å². The second-order valence-corrected chi connectivity index (χ2v) is 2.99. The van der Waals surface area contributed by atoms with Gasteiger partial charge in [0.1, 0.15) is 5.82 Å². The molecule has 0 bridgehead atoms. The molecule has 0 unspecified atom stereocenters. The maximum atomic E-state index is 13.3. The molecule has 0 heterocycles. The molecule has 0 saturated carbocycles. The van der Waals surface area contributed by atoms with E-state index < -0.39 is 17.6 Å². The number of hydrazone groups is 1. The van der Waals surface area contributed by atoms with E-state index in [0.717, 1.165) is 12.3 Å². The van der Waals surface area contributed by atoms with Gasteiger partial charge in [0, 0.05) is 5.56 Å². The highest BCUT2D eigenvalue weighted by Crippen LogP contribution is 2.32. The first kappa shape index (κ1) is 11.5. The first-order chi connectivity index (χ1) is 6.86. The summed E-state index contributed by atoms with van der Waals surface area (Å²) in [4.78, 5) is 0. The molecular formula is C9H8F4N2. The summed E-state index contributed by atoms with van der Waals surface area (Å²) >= 11 is 0. The van der Waals surface area contributed by atoms with E-state index >= 15 is 0 Å². The molecule has 0 atom stereocenters. The lowest BCUT2D eigenvalue weighted by atomic mass is 10.1. The number of alkyl halides is 3. The Hall–Kier alpha value is -1.59. The summed E-state index contributed by atoms with van der Waals surface area (Å²) in [5, 5.41) is 3.00. The lowest BCUT2D eigenvalue weighted by molar-refractivity contribution is -0.140. The van der Waals surface area contributed by atoms with Gasteiger partial charge in [0.2, 0.25) is 0 Å². The van der Waals surface area contributed by atoms with Crippen LogP contribution in [0.5, 0.6) is 0 Å². The molecule has 0 saturated heterocycles. The number of nitrogens with two attached hydrogens (primary N) is 1. The van der Waals surface area contributed by atoms with E-state index in [9.17, 15) is 17.6 Å². The van der Waals surface area contributed by atoms with Gasteiger partial charge in [-0.25, -0.2) is 4.39 Å². The van der Waals surface area contributed by atoms with Crippen LogP contribution < -0.4 is 5.84 Å². The molecule has 1 rings (SSSR count). The molecular weight excluding hydrogens is 212 g/mol. The number of hydrogen-bond acceptors (Lipinski definition) is 2. The second kappa shape index (κ2) is 3.88. The highest BCUT2D eigenvalue weighted by atomic mass is 19.4. The summed E-state index contributed by atoms with van der Waals surface area (Å²) < 4.78 is 50.3. The zero-order chi connectivity index (χ0) is 11.6. The van der Waals surface area contributed by atoms with Gasteiger partial charge < -0.3 is 5.84 Å². The lowest BCUT2D eigenvalue weighted by Gasteiger charge is -2.10. The van der Waals surface area contributed by atoms with Gasteiger partial charge in [-0.3, -0.25) is 0 Å². The van der Waals surface area contributed by atoms with Crippen molar-refractivity contribution in [1.82, 2.24) is 0 Å². The Morgan fingerprint density at radius 1 is 1.33 bits per heavy atom. The Kier molecular flexibility index (Phi) is 2.97. The number of rotatable bonds is 1. The van der Waals surface area contributed by atoms with Crippen LogP contribution in [0.3, 0.4) is 0 Å². The zero-order valence-electron chi connectivity index (χ0n) is 7.77. The fourth-order valence-electron chi connectivity index (χ4n) is 1.18. The molecule has 0 spiro atoms. The van der Waals surface area contributed by atoms with Crippen molar-refractivity contribution < 1.29 is 17.6 Å². The third-order valence-corrected chi connectivity index (χ3v) is 1.76. The Balaban J connectivity index is 3.41. The number of aryl methyl sites for hydroxylation is 1. The van der Waals surface area contributed by atoms with Crippen molar-refractivity contribution in [1.29, 1.82) is 0 Å². The number of nitrogens with zero attached hydrogens (tertiary/aromatic N) is 1. The Morgan fingerprint density at radius 3 is 2.40 bits per heavy atom. The van der Waals surface area contributed by atoms with Crippen molar-refractivity contribution >= 4 is 6.21 Å². The zero-order valence-corrected chi connectivity index (χ0v) is 7.77. The highest BCUT2D eigenvalue weighted by molar-refractivity contribution is 5.80. The van der Waals surface area contributed by atoms with E-state index in [-0.39, 0.29) is 5.56 Å². The smallest absolute Gasteiger partial charge is 0.323 e. The summed E-state index contributed by atoms with van der Waals surface area (Å²) in [5.41, 5.74) is -1.29. The summed E-state index contributed by atoms with van der Waals surface area (Å²) in [6, 6.07) is 1.98. The number of halogens is 4. The lowest BCUT2D eigenvalue weighted by Crippen LogP contribution is -2.10. The van der Waals surface area contributed by atoms with Gasteiger partial charge in [0.25, 0.3) is 0 Å². The van der Waals surface area contributed by atoms with Crippen LogP contribution in [0.4, 0.5) is 17.6 Å². The van der Waals surface area contributed by atoms with E-state index in [1.807, 2.05) is 0 Å². The molecule has 15 heavy (non-hydrogen) atoms. The first-order valence-corrected chi connectivity index (χ1v) is 3.97. The van der Waals surface area contributed by atoms with E-state index in [1.54, 1.807) is 0 Å². The van der Waals surface area contributed by atoms with Crippen LogP contribution >= 0.6 is 0 Å². The molecule has 0 fully saturated rings. The summed E-state index contributed by atoms with van der Waals surface area (Å²) in [6.07, 6.45) is -3.87. The molecule has 0 aliphatic rings. The minimum atomic E-state index is -4.71. The van der Waals surface area contributed by atoms with E-state index in [4.69, 9.17) is 5.84 Å². The molecule has 1 aromatic rings. The maximum absolute atomic E-state index is 13.3. The van der Waals surface area contributed by atoms with Gasteiger partial charge in [0.15, 0.2) is 0 Å². The Morgan fingerprint density at radius 2 is 1.93 bits per heavy atom. The SMILES string of the molecule is Cc1cc(C=NN)c(F)c(C(F)(F)F)c1. The summed E-state index contributed by atoms with van der Waals surface area (Å²) in [6.45, 7) is 1.43. The molecule has 2 nitrogen and oxygen atoms in total. The van der Waals surface area contributed by atoms with E-state index in [0.29, 0.717) is 5.56 Å². The van der Waals surface area contributed by atoms with Gasteiger partial charge in [-0.05, 0) is 24.6 Å². The van der Waals surface area contributed by atoms with Crippen LogP contribution in [0.15, 0.2) is 17.2 Å². The van der Waals surface area contributed by atoms with Crippen LogP contribution in [-0.2, 0) is 6.18 Å². The van der Waals surface area contributed by atoms with Gasteiger partial charge in [-0.2, -0.15) is 18.3 Å².